The molecule has 0 radical (unpaired) electrons. The van der Waals surface area contributed by atoms with Gasteiger partial charge in [-0.3, -0.25) is 0 Å². The average Bonchev–Trinajstić information content (AvgIpc) is 3.35. The van der Waals surface area contributed by atoms with Crippen molar-refractivity contribution in [2.75, 3.05) is 0 Å². The molecule has 7 aromatic rings. The first-order valence-corrected chi connectivity index (χ1v) is 13.6. The first kappa shape index (κ1) is 21.7. The summed E-state index contributed by atoms with van der Waals surface area (Å²) in [6.07, 6.45) is 0. The summed E-state index contributed by atoms with van der Waals surface area (Å²) in [5.74, 6) is 3.53. The van der Waals surface area contributed by atoms with Gasteiger partial charge < -0.3 is 14.0 Å². The summed E-state index contributed by atoms with van der Waals surface area (Å²) in [7, 11) is 0. The summed E-state index contributed by atoms with van der Waals surface area (Å²) in [5.41, 5.74) is 9.20. The quantitative estimate of drug-likeness (QED) is 0.230. The van der Waals surface area contributed by atoms with E-state index in [0.29, 0.717) is 0 Å². The fraction of sp³-hybridized carbons (Fsp3) is 0. The molecule has 186 valence electrons. The molecule has 3 nitrogen and oxygen atoms in total. The lowest BCUT2D eigenvalue weighted by molar-refractivity contribution is 0.465. The molecule has 0 saturated heterocycles. The zero-order valence-corrected chi connectivity index (χ0v) is 21.5. The van der Waals surface area contributed by atoms with E-state index in [4.69, 9.17) is 9.47 Å². The Balaban J connectivity index is 1.26. The van der Waals surface area contributed by atoms with E-state index in [1.165, 1.54) is 32.7 Å². The molecule has 6 aromatic carbocycles. The normalized spacial score (nSPS) is 12.8. The Morgan fingerprint density at radius 3 is 1.77 bits per heavy atom. The Kier molecular flexibility index (Phi) is 4.41. The van der Waals surface area contributed by atoms with Gasteiger partial charge in [0.05, 0.1) is 11.0 Å². The zero-order chi connectivity index (χ0) is 26.2. The van der Waals surface area contributed by atoms with Crippen LogP contribution in [0.2, 0.25) is 0 Å². The highest BCUT2D eigenvalue weighted by Crippen LogP contribution is 2.40. The van der Waals surface area contributed by atoms with Crippen molar-refractivity contribution in [2.24, 2.45) is 0 Å². The first-order chi connectivity index (χ1) is 19.8. The van der Waals surface area contributed by atoms with Gasteiger partial charge in [-0.2, -0.15) is 0 Å². The molecular formula is C36H22BNO2. The summed E-state index contributed by atoms with van der Waals surface area (Å²) in [4.78, 5) is 0. The van der Waals surface area contributed by atoms with Crippen LogP contribution in [0.4, 0.5) is 0 Å². The monoisotopic (exact) mass is 511 g/mol. The number of hydrogen-bond acceptors (Lipinski definition) is 2. The Labute approximate surface area is 231 Å². The maximum absolute atomic E-state index is 6.54. The molecule has 2 aliphatic rings. The minimum atomic E-state index is 0.0836. The number of benzene rings is 6. The minimum absolute atomic E-state index is 0.0836. The SMILES string of the molecule is c1ccc(-n2c3ccccc3c3cc(-c4cc5c6c(c4)Oc4ccccc4B6c4ccccc4O5)ccc32)cc1. The molecule has 9 rings (SSSR count). The average molecular weight is 511 g/mol. The largest absolute Gasteiger partial charge is 0.458 e. The molecule has 0 unspecified atom stereocenters. The van der Waals surface area contributed by atoms with Gasteiger partial charge in [-0.25, -0.2) is 0 Å². The third kappa shape index (κ3) is 3.02. The van der Waals surface area contributed by atoms with Crippen molar-refractivity contribution in [1.29, 1.82) is 0 Å². The molecule has 2 aliphatic heterocycles. The van der Waals surface area contributed by atoms with Crippen molar-refractivity contribution in [1.82, 2.24) is 4.57 Å². The molecule has 0 spiro atoms. The fourth-order valence-electron chi connectivity index (χ4n) is 6.57. The highest BCUT2D eigenvalue weighted by molar-refractivity contribution is 6.98. The fourth-order valence-corrected chi connectivity index (χ4v) is 6.57. The second-order valence-corrected chi connectivity index (χ2v) is 10.5. The van der Waals surface area contributed by atoms with Crippen molar-refractivity contribution in [3.63, 3.8) is 0 Å². The van der Waals surface area contributed by atoms with Crippen LogP contribution in [0.15, 0.2) is 133 Å². The Morgan fingerprint density at radius 2 is 1.05 bits per heavy atom. The first-order valence-electron chi connectivity index (χ1n) is 13.6. The maximum Gasteiger partial charge on any atom is 0.260 e. The third-order valence-electron chi connectivity index (χ3n) is 8.31. The predicted molar refractivity (Wildman–Crippen MR) is 164 cm³/mol. The zero-order valence-electron chi connectivity index (χ0n) is 21.5. The van der Waals surface area contributed by atoms with Crippen molar-refractivity contribution >= 4 is 44.9 Å². The smallest absolute Gasteiger partial charge is 0.260 e. The second-order valence-electron chi connectivity index (χ2n) is 10.5. The molecule has 3 heterocycles. The summed E-state index contributed by atoms with van der Waals surface area (Å²) < 4.78 is 15.4. The Morgan fingerprint density at radius 1 is 0.450 bits per heavy atom. The third-order valence-corrected chi connectivity index (χ3v) is 8.31. The van der Waals surface area contributed by atoms with Crippen LogP contribution >= 0.6 is 0 Å². The molecule has 0 aliphatic carbocycles. The van der Waals surface area contributed by atoms with Crippen LogP contribution in [0.1, 0.15) is 0 Å². The van der Waals surface area contributed by atoms with Crippen LogP contribution in [0.5, 0.6) is 23.0 Å². The van der Waals surface area contributed by atoms with Gasteiger partial charge in [-0.05, 0) is 76.6 Å². The molecule has 0 atom stereocenters. The summed E-state index contributed by atoms with van der Waals surface area (Å²) >= 11 is 0. The summed E-state index contributed by atoms with van der Waals surface area (Å²) in [6.45, 7) is 0.0836. The second kappa shape index (κ2) is 8.14. The molecule has 0 amide bonds. The molecule has 0 bridgehead atoms. The van der Waals surface area contributed by atoms with Gasteiger partial charge in [0.2, 0.25) is 0 Å². The highest BCUT2D eigenvalue weighted by atomic mass is 16.5. The van der Waals surface area contributed by atoms with E-state index in [0.717, 1.165) is 45.3 Å². The van der Waals surface area contributed by atoms with Crippen LogP contribution in [0.25, 0.3) is 38.6 Å². The molecular weight excluding hydrogens is 489 g/mol. The van der Waals surface area contributed by atoms with E-state index in [9.17, 15) is 0 Å². The number of fused-ring (bicyclic) bond motifs is 7. The molecule has 0 saturated carbocycles. The lowest BCUT2D eigenvalue weighted by Gasteiger charge is -2.33. The topological polar surface area (TPSA) is 23.4 Å². The van der Waals surface area contributed by atoms with Gasteiger partial charge in [-0.1, -0.05) is 78.9 Å². The van der Waals surface area contributed by atoms with Gasteiger partial charge in [-0.15, -0.1) is 0 Å². The summed E-state index contributed by atoms with van der Waals surface area (Å²) in [6, 6.07) is 47.0. The number of aromatic nitrogens is 1. The maximum atomic E-state index is 6.54. The van der Waals surface area contributed by atoms with Crippen molar-refractivity contribution < 1.29 is 9.47 Å². The van der Waals surface area contributed by atoms with Crippen LogP contribution in [0.3, 0.4) is 0 Å². The van der Waals surface area contributed by atoms with E-state index in [-0.39, 0.29) is 6.71 Å². The van der Waals surface area contributed by atoms with E-state index in [1.54, 1.807) is 0 Å². The van der Waals surface area contributed by atoms with Gasteiger partial charge in [0.25, 0.3) is 6.71 Å². The molecule has 0 N–H and O–H groups in total. The van der Waals surface area contributed by atoms with Crippen LogP contribution < -0.4 is 25.9 Å². The van der Waals surface area contributed by atoms with E-state index < -0.39 is 0 Å². The highest BCUT2D eigenvalue weighted by Gasteiger charge is 2.40. The molecule has 0 fully saturated rings. The lowest BCUT2D eigenvalue weighted by Crippen LogP contribution is -2.57. The Hall–Kier alpha value is -5.22. The predicted octanol–water partition coefficient (Wildman–Crippen LogP) is 7.18. The number of nitrogens with zero attached hydrogens (tertiary/aromatic N) is 1. The van der Waals surface area contributed by atoms with Crippen LogP contribution in [-0.2, 0) is 0 Å². The Bertz CT molecular complexity index is 2060. The van der Waals surface area contributed by atoms with Crippen molar-refractivity contribution in [2.45, 2.75) is 0 Å². The molecule has 1 aromatic heterocycles. The van der Waals surface area contributed by atoms with Gasteiger partial charge in [0, 0.05) is 21.9 Å². The van der Waals surface area contributed by atoms with E-state index in [2.05, 4.69) is 126 Å². The lowest BCUT2D eigenvalue weighted by atomic mass is 9.35. The number of para-hydroxylation sites is 4. The van der Waals surface area contributed by atoms with Gasteiger partial charge in [0.15, 0.2) is 0 Å². The molecule has 40 heavy (non-hydrogen) atoms. The standard InChI is InChI=1S/C36H22BNO2/c1-2-10-25(11-3-1)38-30-15-7-4-12-26(30)27-20-23(18-19-31(27)38)24-21-34-36-35(22-24)40-33-17-9-6-14-29(33)37(36)28-13-5-8-16-32(28)39-34/h1-22H. The van der Waals surface area contributed by atoms with Crippen LogP contribution in [-0.4, -0.2) is 11.3 Å². The van der Waals surface area contributed by atoms with E-state index >= 15 is 0 Å². The van der Waals surface area contributed by atoms with Gasteiger partial charge in [0.1, 0.15) is 23.0 Å². The van der Waals surface area contributed by atoms with Crippen molar-refractivity contribution in [3.05, 3.63) is 133 Å². The minimum Gasteiger partial charge on any atom is -0.458 e. The van der Waals surface area contributed by atoms with Gasteiger partial charge >= 0.3 is 0 Å². The molecule has 4 heteroatoms. The van der Waals surface area contributed by atoms with E-state index in [1.807, 2.05) is 12.1 Å². The van der Waals surface area contributed by atoms with Crippen molar-refractivity contribution in [3.8, 4) is 39.8 Å². The number of rotatable bonds is 2. The number of ether oxygens (including phenoxy) is 2. The summed E-state index contributed by atoms with van der Waals surface area (Å²) in [5, 5.41) is 2.46. The number of hydrogen-bond donors (Lipinski definition) is 0. The van der Waals surface area contributed by atoms with Crippen LogP contribution in [0, 0.1) is 0 Å².